The number of rotatable bonds is 7. The molecule has 1 aliphatic rings. The number of nitrogens with zero attached hydrogens (tertiary/aromatic N) is 2. The topological polar surface area (TPSA) is 49.9 Å². The number of hydrogen-bond donors (Lipinski definition) is 0. The zero-order chi connectivity index (χ0) is 16.7. The van der Waals surface area contributed by atoms with Gasteiger partial charge in [-0.3, -0.25) is 14.5 Å². The highest BCUT2D eigenvalue weighted by atomic mass is 16.5. The van der Waals surface area contributed by atoms with E-state index in [0.717, 1.165) is 43.9 Å². The summed E-state index contributed by atoms with van der Waals surface area (Å²) in [6.45, 7) is 7.05. The average Bonchev–Trinajstić information content (AvgIpc) is 2.55. The third-order valence-electron chi connectivity index (χ3n) is 4.17. The van der Waals surface area contributed by atoms with Gasteiger partial charge in [-0.25, -0.2) is 0 Å². The Labute approximate surface area is 138 Å². The smallest absolute Gasteiger partial charge is 0.306 e. The molecule has 1 aromatic rings. The Morgan fingerprint density at radius 1 is 1.09 bits per heavy atom. The third kappa shape index (κ3) is 5.44. The molecule has 0 bridgehead atoms. The van der Waals surface area contributed by atoms with Crippen molar-refractivity contribution in [1.29, 1.82) is 0 Å². The van der Waals surface area contributed by atoms with Crippen molar-refractivity contribution in [2.75, 3.05) is 39.8 Å². The van der Waals surface area contributed by atoms with Crippen LogP contribution in [-0.2, 0) is 16.1 Å². The molecule has 0 atom stereocenters. The minimum atomic E-state index is -0.308. The second-order valence-corrected chi connectivity index (χ2v) is 5.96. The van der Waals surface area contributed by atoms with Crippen LogP contribution in [0, 0.1) is 0 Å². The second-order valence-electron chi connectivity index (χ2n) is 5.96. The van der Waals surface area contributed by atoms with E-state index in [2.05, 4.69) is 16.8 Å². The number of Topliss-reactive ketones (excluding diaryl/α,β-unsaturated/α-hetero) is 1. The minimum Gasteiger partial charge on any atom is -0.466 e. The first-order chi connectivity index (χ1) is 11.1. The molecule has 0 aromatic heterocycles. The number of carbonyl (C=O) groups is 2. The van der Waals surface area contributed by atoms with Gasteiger partial charge in [-0.2, -0.15) is 0 Å². The van der Waals surface area contributed by atoms with Gasteiger partial charge in [0.05, 0.1) is 13.0 Å². The summed E-state index contributed by atoms with van der Waals surface area (Å²) in [6, 6.07) is 7.72. The van der Waals surface area contributed by atoms with Crippen LogP contribution < -0.4 is 0 Å². The summed E-state index contributed by atoms with van der Waals surface area (Å²) >= 11 is 0. The van der Waals surface area contributed by atoms with Crippen LogP contribution in [0.1, 0.15) is 35.7 Å². The summed E-state index contributed by atoms with van der Waals surface area (Å²) in [6.07, 6.45) is 0.355. The first-order valence-electron chi connectivity index (χ1n) is 8.27. The van der Waals surface area contributed by atoms with E-state index in [0.29, 0.717) is 6.61 Å². The molecule has 0 unspecified atom stereocenters. The quantitative estimate of drug-likeness (QED) is 0.568. The Morgan fingerprint density at radius 2 is 1.78 bits per heavy atom. The number of carbonyl (C=O) groups excluding carboxylic acids is 2. The summed E-state index contributed by atoms with van der Waals surface area (Å²) in [5.41, 5.74) is 1.78. The molecular formula is C18H26N2O3. The van der Waals surface area contributed by atoms with E-state index in [4.69, 9.17) is 4.74 Å². The fraction of sp³-hybridized carbons (Fsp3) is 0.556. The predicted octanol–water partition coefficient (Wildman–Crippen LogP) is 1.96. The molecule has 0 radical (unpaired) electrons. The van der Waals surface area contributed by atoms with Gasteiger partial charge < -0.3 is 9.64 Å². The normalized spacial score (nSPS) is 16.3. The number of piperazine rings is 1. The van der Waals surface area contributed by atoms with Crippen LogP contribution in [0.5, 0.6) is 0 Å². The van der Waals surface area contributed by atoms with Gasteiger partial charge in [0.1, 0.15) is 0 Å². The fourth-order valence-electron chi connectivity index (χ4n) is 2.76. The van der Waals surface area contributed by atoms with Crippen LogP contribution in [0.2, 0.25) is 0 Å². The van der Waals surface area contributed by atoms with Crippen molar-refractivity contribution in [2.45, 2.75) is 26.3 Å². The lowest BCUT2D eigenvalue weighted by Crippen LogP contribution is -2.44. The number of hydrogen-bond acceptors (Lipinski definition) is 5. The van der Waals surface area contributed by atoms with E-state index in [-0.39, 0.29) is 24.6 Å². The molecule has 126 valence electrons. The number of benzene rings is 1. The number of ether oxygens (including phenoxy) is 1. The summed E-state index contributed by atoms with van der Waals surface area (Å²) < 4.78 is 4.89. The molecule has 1 saturated heterocycles. The lowest BCUT2D eigenvalue weighted by Gasteiger charge is -2.32. The fourth-order valence-corrected chi connectivity index (χ4v) is 2.76. The number of likely N-dealkylation sites (N-methyl/N-ethyl adjacent to an activating group) is 1. The van der Waals surface area contributed by atoms with Crippen molar-refractivity contribution in [2.24, 2.45) is 0 Å². The molecule has 1 aromatic carbocycles. The Bertz CT molecular complexity index is 537. The number of esters is 1. The van der Waals surface area contributed by atoms with Gasteiger partial charge in [-0.05, 0) is 19.5 Å². The van der Waals surface area contributed by atoms with E-state index in [1.54, 1.807) is 6.92 Å². The van der Waals surface area contributed by atoms with Crippen LogP contribution in [0.25, 0.3) is 0 Å². The van der Waals surface area contributed by atoms with E-state index in [9.17, 15) is 9.59 Å². The largest absolute Gasteiger partial charge is 0.466 e. The maximum absolute atomic E-state index is 12.4. The molecule has 1 heterocycles. The highest BCUT2D eigenvalue weighted by Crippen LogP contribution is 2.16. The zero-order valence-corrected chi connectivity index (χ0v) is 14.1. The van der Waals surface area contributed by atoms with Crippen molar-refractivity contribution >= 4 is 11.8 Å². The van der Waals surface area contributed by atoms with E-state index in [1.807, 2.05) is 24.3 Å². The van der Waals surface area contributed by atoms with E-state index in [1.165, 1.54) is 0 Å². The third-order valence-corrected chi connectivity index (χ3v) is 4.17. The lowest BCUT2D eigenvalue weighted by molar-refractivity contribution is -0.143. The van der Waals surface area contributed by atoms with E-state index >= 15 is 0 Å². The highest BCUT2D eigenvalue weighted by molar-refractivity contribution is 5.98. The Morgan fingerprint density at radius 3 is 2.48 bits per heavy atom. The summed E-state index contributed by atoms with van der Waals surface area (Å²) in [5.74, 6) is -0.292. The van der Waals surface area contributed by atoms with Crippen LogP contribution in [0.4, 0.5) is 0 Å². The molecule has 0 aliphatic carbocycles. The highest BCUT2D eigenvalue weighted by Gasteiger charge is 2.18. The van der Waals surface area contributed by atoms with Crippen molar-refractivity contribution < 1.29 is 14.3 Å². The summed E-state index contributed by atoms with van der Waals surface area (Å²) in [7, 11) is 2.13. The van der Waals surface area contributed by atoms with Crippen LogP contribution in [0.3, 0.4) is 0 Å². The molecule has 23 heavy (non-hydrogen) atoms. The van der Waals surface area contributed by atoms with E-state index < -0.39 is 0 Å². The molecule has 1 aliphatic heterocycles. The van der Waals surface area contributed by atoms with Gasteiger partial charge in [0, 0.05) is 44.7 Å². The minimum absolute atomic E-state index is 0.0165. The molecule has 2 rings (SSSR count). The van der Waals surface area contributed by atoms with Crippen LogP contribution in [0.15, 0.2) is 24.3 Å². The molecule has 1 fully saturated rings. The second kappa shape index (κ2) is 8.79. The van der Waals surface area contributed by atoms with Gasteiger partial charge >= 0.3 is 5.97 Å². The summed E-state index contributed by atoms with van der Waals surface area (Å²) in [4.78, 5) is 28.5. The van der Waals surface area contributed by atoms with Gasteiger partial charge in [0.2, 0.25) is 0 Å². The van der Waals surface area contributed by atoms with Gasteiger partial charge in [0.15, 0.2) is 5.78 Å². The first kappa shape index (κ1) is 17.6. The van der Waals surface area contributed by atoms with Crippen LogP contribution >= 0.6 is 0 Å². The Hall–Kier alpha value is -1.72. The van der Waals surface area contributed by atoms with Crippen molar-refractivity contribution in [1.82, 2.24) is 9.80 Å². The predicted molar refractivity (Wildman–Crippen MR) is 89.4 cm³/mol. The number of ketones is 1. The lowest BCUT2D eigenvalue weighted by atomic mass is 10.00. The molecule has 0 saturated carbocycles. The van der Waals surface area contributed by atoms with Gasteiger partial charge in [0.25, 0.3) is 0 Å². The summed E-state index contributed by atoms with van der Waals surface area (Å²) in [5, 5.41) is 0. The van der Waals surface area contributed by atoms with Crippen molar-refractivity contribution in [3.63, 3.8) is 0 Å². The molecular weight excluding hydrogens is 292 g/mol. The van der Waals surface area contributed by atoms with Gasteiger partial charge in [-0.1, -0.05) is 24.3 Å². The van der Waals surface area contributed by atoms with Crippen molar-refractivity contribution in [3.8, 4) is 0 Å². The van der Waals surface area contributed by atoms with Gasteiger partial charge in [-0.15, -0.1) is 0 Å². The van der Waals surface area contributed by atoms with Crippen molar-refractivity contribution in [3.05, 3.63) is 35.4 Å². The monoisotopic (exact) mass is 318 g/mol. The SMILES string of the molecule is CCOC(=O)CCC(=O)c1ccccc1CN1CCN(C)CC1. The molecule has 0 spiro atoms. The maximum Gasteiger partial charge on any atom is 0.306 e. The first-order valence-corrected chi connectivity index (χ1v) is 8.27. The standard InChI is InChI=1S/C18H26N2O3/c1-3-23-18(22)9-8-17(21)16-7-5-4-6-15(16)14-20-12-10-19(2)11-13-20/h4-7H,3,8-14H2,1-2H3. The Kier molecular flexibility index (Phi) is 6.74. The van der Waals surface area contributed by atoms with Crippen LogP contribution in [-0.4, -0.2) is 61.4 Å². The molecule has 5 nitrogen and oxygen atoms in total. The zero-order valence-electron chi connectivity index (χ0n) is 14.1. The average molecular weight is 318 g/mol. The molecule has 0 amide bonds. The molecule has 0 N–H and O–H groups in total. The maximum atomic E-state index is 12.4. The molecule has 5 heteroatoms. The Balaban J connectivity index is 1.96.